The van der Waals surface area contributed by atoms with Gasteiger partial charge < -0.3 is 10.2 Å². The van der Waals surface area contributed by atoms with Crippen LogP contribution in [0.5, 0.6) is 0 Å². The molecule has 9 unspecified atom stereocenters. The Kier molecular flexibility index (Phi) is 6.35. The minimum absolute atomic E-state index is 0.0512. The maximum Gasteiger partial charge on any atom is 0.335 e. The molecule has 3 heteroatoms. The van der Waals surface area contributed by atoms with Crippen LogP contribution in [0.2, 0.25) is 0 Å². The Morgan fingerprint density at radius 2 is 1.54 bits per heavy atom. The summed E-state index contributed by atoms with van der Waals surface area (Å²) in [6.07, 6.45) is 13.7. The highest BCUT2D eigenvalue weighted by molar-refractivity contribution is 5.88. The minimum atomic E-state index is -0.862. The fraction of sp³-hybridized carbons (Fsp3) is 0.694. The number of aromatic carboxylic acids is 1. The summed E-state index contributed by atoms with van der Waals surface area (Å²) in [5.41, 5.74) is 5.12. The number of rotatable bonds is 4. The first-order valence-electron chi connectivity index (χ1n) is 15.7. The third-order valence-corrected chi connectivity index (χ3v) is 13.8. The molecule has 5 aliphatic carbocycles. The molecule has 0 radical (unpaired) electrons. The second kappa shape index (κ2) is 9.07. The summed E-state index contributed by atoms with van der Waals surface area (Å²) in [4.78, 5) is 11.4. The molecule has 0 amide bonds. The van der Waals surface area contributed by atoms with Gasteiger partial charge in [-0.05, 0) is 145 Å². The summed E-state index contributed by atoms with van der Waals surface area (Å²) in [6.45, 7) is 17.2. The number of aliphatic hydroxyl groups is 1. The van der Waals surface area contributed by atoms with Crippen molar-refractivity contribution in [2.75, 3.05) is 6.61 Å². The van der Waals surface area contributed by atoms with Crippen molar-refractivity contribution in [3.63, 3.8) is 0 Å². The van der Waals surface area contributed by atoms with Crippen LogP contribution in [0.1, 0.15) is 108 Å². The SMILES string of the molecule is C=C(C)C1CCC2(CO)CCC3(C)C(CCC4C3CCC3C(C)(C)C(c5ccc(C(=O)O)cc5)=CCC43C)C12. The largest absolute Gasteiger partial charge is 0.478 e. The molecule has 1 aromatic carbocycles. The van der Waals surface area contributed by atoms with E-state index in [-0.39, 0.29) is 10.8 Å². The lowest BCUT2D eigenvalue weighted by Crippen LogP contribution is -2.61. The topological polar surface area (TPSA) is 57.5 Å². The van der Waals surface area contributed by atoms with Crippen molar-refractivity contribution in [1.82, 2.24) is 0 Å². The summed E-state index contributed by atoms with van der Waals surface area (Å²) in [6, 6.07) is 7.57. The Balaban J connectivity index is 1.32. The molecule has 0 heterocycles. The summed E-state index contributed by atoms with van der Waals surface area (Å²) in [5.74, 6) is 3.17. The van der Waals surface area contributed by atoms with Gasteiger partial charge in [-0.3, -0.25) is 0 Å². The smallest absolute Gasteiger partial charge is 0.335 e. The lowest BCUT2D eigenvalue weighted by Gasteiger charge is -2.68. The van der Waals surface area contributed by atoms with Gasteiger partial charge in [-0.2, -0.15) is 0 Å². The van der Waals surface area contributed by atoms with E-state index < -0.39 is 5.97 Å². The van der Waals surface area contributed by atoms with Gasteiger partial charge >= 0.3 is 5.97 Å². The van der Waals surface area contributed by atoms with Crippen LogP contribution >= 0.6 is 0 Å². The summed E-state index contributed by atoms with van der Waals surface area (Å²) in [7, 11) is 0. The number of aliphatic hydroxyl groups excluding tert-OH is 1. The average Bonchev–Trinajstić information content (AvgIpc) is 3.29. The Bertz CT molecular complexity index is 1190. The van der Waals surface area contributed by atoms with Crippen molar-refractivity contribution >= 4 is 11.5 Å². The van der Waals surface area contributed by atoms with Crippen LogP contribution < -0.4 is 0 Å². The van der Waals surface area contributed by atoms with Crippen LogP contribution in [0.4, 0.5) is 0 Å². The van der Waals surface area contributed by atoms with Gasteiger partial charge in [-0.25, -0.2) is 4.79 Å². The van der Waals surface area contributed by atoms with Gasteiger partial charge in [0.25, 0.3) is 0 Å². The maximum absolute atomic E-state index is 11.4. The van der Waals surface area contributed by atoms with E-state index in [4.69, 9.17) is 0 Å². The third kappa shape index (κ3) is 3.74. The molecule has 0 bridgehead atoms. The van der Waals surface area contributed by atoms with Gasteiger partial charge in [-0.1, -0.05) is 58.1 Å². The molecule has 0 aromatic heterocycles. The molecule has 6 rings (SSSR count). The quantitative estimate of drug-likeness (QED) is 0.383. The lowest BCUT2D eigenvalue weighted by molar-refractivity contribution is -0.181. The Morgan fingerprint density at radius 1 is 0.897 bits per heavy atom. The monoisotopic (exact) mass is 530 g/mol. The van der Waals surface area contributed by atoms with Gasteiger partial charge in [-0.15, -0.1) is 0 Å². The van der Waals surface area contributed by atoms with Crippen molar-refractivity contribution in [3.05, 3.63) is 53.6 Å². The second-order valence-electron chi connectivity index (χ2n) is 15.5. The van der Waals surface area contributed by atoms with Gasteiger partial charge in [0.15, 0.2) is 0 Å². The zero-order valence-electron chi connectivity index (χ0n) is 24.9. The predicted octanol–water partition coefficient (Wildman–Crippen LogP) is 8.64. The molecule has 0 saturated heterocycles. The highest BCUT2D eigenvalue weighted by Crippen LogP contribution is 2.73. The van der Waals surface area contributed by atoms with E-state index >= 15 is 0 Å². The van der Waals surface area contributed by atoms with E-state index in [9.17, 15) is 15.0 Å². The van der Waals surface area contributed by atoms with Gasteiger partial charge in [0.1, 0.15) is 0 Å². The molecular formula is C36H50O3. The number of hydrogen-bond acceptors (Lipinski definition) is 2. The minimum Gasteiger partial charge on any atom is -0.478 e. The van der Waals surface area contributed by atoms with Gasteiger partial charge in [0.2, 0.25) is 0 Å². The Morgan fingerprint density at radius 3 is 2.18 bits per heavy atom. The number of carbonyl (C=O) groups is 1. The molecule has 4 saturated carbocycles. The van der Waals surface area contributed by atoms with E-state index in [1.807, 2.05) is 12.1 Å². The standard InChI is InChI=1S/C36H50O3/c1-22(2)25-15-18-36(21-37)20-19-34(5)27-13-14-30-33(3,4)26(23-7-9-24(10-8-23)32(38)39)16-17-35(30,6)28(27)11-12-29(34)31(25)36/h7-10,16,25,27-31,37H,1,11-15,17-21H2,2-6H3,(H,38,39). The predicted molar refractivity (Wildman–Crippen MR) is 158 cm³/mol. The van der Waals surface area contributed by atoms with Crippen LogP contribution in [0.3, 0.4) is 0 Å². The maximum atomic E-state index is 11.4. The zero-order valence-corrected chi connectivity index (χ0v) is 24.9. The molecule has 1 aromatic rings. The van der Waals surface area contributed by atoms with Crippen molar-refractivity contribution < 1.29 is 15.0 Å². The van der Waals surface area contributed by atoms with Gasteiger partial charge in [0, 0.05) is 6.61 Å². The Hall–Kier alpha value is -1.87. The van der Waals surface area contributed by atoms with E-state index in [2.05, 4.69) is 47.3 Å². The molecular weight excluding hydrogens is 480 g/mol. The summed E-state index contributed by atoms with van der Waals surface area (Å²) >= 11 is 0. The molecule has 9 atom stereocenters. The van der Waals surface area contributed by atoms with Crippen LogP contribution in [0.25, 0.3) is 5.57 Å². The highest BCUT2D eigenvalue weighted by Gasteiger charge is 2.66. The Labute approximate surface area is 236 Å². The van der Waals surface area contributed by atoms with Crippen LogP contribution in [0, 0.1) is 57.2 Å². The number of allylic oxidation sites excluding steroid dienone is 3. The van der Waals surface area contributed by atoms with Crippen molar-refractivity contribution in [2.45, 2.75) is 92.4 Å². The summed E-state index contributed by atoms with van der Waals surface area (Å²) in [5, 5.41) is 20.1. The van der Waals surface area contributed by atoms with E-state index in [0.717, 1.165) is 18.3 Å². The molecule has 2 N–H and O–H groups in total. The van der Waals surface area contributed by atoms with Crippen LogP contribution in [-0.2, 0) is 0 Å². The third-order valence-electron chi connectivity index (χ3n) is 13.8. The van der Waals surface area contributed by atoms with Crippen molar-refractivity contribution in [3.8, 4) is 0 Å². The lowest BCUT2D eigenvalue weighted by atomic mass is 9.37. The van der Waals surface area contributed by atoms with E-state index in [1.165, 1.54) is 68.1 Å². The normalized spacial score (nSPS) is 44.3. The number of fused-ring (bicyclic) bond motifs is 7. The molecule has 212 valence electrons. The van der Waals surface area contributed by atoms with Gasteiger partial charge in [0.05, 0.1) is 5.56 Å². The van der Waals surface area contributed by atoms with E-state index in [1.54, 1.807) is 12.1 Å². The van der Waals surface area contributed by atoms with E-state index in [0.29, 0.717) is 46.7 Å². The fourth-order valence-electron chi connectivity index (χ4n) is 11.9. The first-order chi connectivity index (χ1) is 18.4. The zero-order chi connectivity index (χ0) is 28.0. The first kappa shape index (κ1) is 27.3. The molecule has 0 aliphatic heterocycles. The van der Waals surface area contributed by atoms with Crippen molar-refractivity contribution in [2.24, 2.45) is 57.2 Å². The number of hydrogen-bond donors (Lipinski definition) is 2. The number of carboxylic acid groups (broad SMARTS) is 1. The fourth-order valence-corrected chi connectivity index (χ4v) is 11.9. The molecule has 39 heavy (non-hydrogen) atoms. The average molecular weight is 531 g/mol. The number of benzene rings is 1. The molecule has 5 aliphatic rings. The number of carboxylic acids is 1. The van der Waals surface area contributed by atoms with Crippen LogP contribution in [-0.4, -0.2) is 22.8 Å². The molecule has 3 nitrogen and oxygen atoms in total. The summed E-state index contributed by atoms with van der Waals surface area (Å²) < 4.78 is 0. The molecule has 4 fully saturated rings. The first-order valence-corrected chi connectivity index (χ1v) is 15.7. The van der Waals surface area contributed by atoms with Crippen LogP contribution in [0.15, 0.2) is 42.5 Å². The highest BCUT2D eigenvalue weighted by atomic mass is 16.4. The van der Waals surface area contributed by atoms with Crippen molar-refractivity contribution in [1.29, 1.82) is 0 Å². The molecule has 0 spiro atoms. The second-order valence-corrected chi connectivity index (χ2v) is 15.5.